The Labute approximate surface area is 139 Å². The fourth-order valence-corrected chi connectivity index (χ4v) is 2.98. The highest BCUT2D eigenvalue weighted by Crippen LogP contribution is 2.22. The van der Waals surface area contributed by atoms with E-state index in [0.717, 1.165) is 36.2 Å². The van der Waals surface area contributed by atoms with Gasteiger partial charge < -0.3 is 4.42 Å². The van der Waals surface area contributed by atoms with Crippen LogP contribution in [0.5, 0.6) is 0 Å². The third-order valence-electron chi connectivity index (χ3n) is 4.15. The molecule has 0 aliphatic carbocycles. The second kappa shape index (κ2) is 6.24. The Morgan fingerprint density at radius 2 is 2.04 bits per heavy atom. The van der Waals surface area contributed by atoms with Crippen molar-refractivity contribution >= 4 is 22.8 Å². The topological polar surface area (TPSA) is 55.5 Å². The minimum absolute atomic E-state index is 0.0135. The normalized spacial score (nSPS) is 16.3. The van der Waals surface area contributed by atoms with Crippen LogP contribution in [-0.4, -0.2) is 17.2 Å². The van der Waals surface area contributed by atoms with E-state index in [9.17, 15) is 4.79 Å². The number of rotatable bonds is 2. The van der Waals surface area contributed by atoms with Gasteiger partial charge >= 0.3 is 0 Å². The summed E-state index contributed by atoms with van der Waals surface area (Å²) in [6.07, 6.45) is 8.86. The lowest BCUT2D eigenvalue weighted by Crippen LogP contribution is -2.13. The first kappa shape index (κ1) is 14.6. The molecule has 4 heteroatoms. The number of pyridine rings is 1. The Kier molecular flexibility index (Phi) is 3.79. The molecule has 3 heterocycles. The molecule has 0 atom stereocenters. The molecule has 0 N–H and O–H groups in total. The van der Waals surface area contributed by atoms with E-state index in [0.29, 0.717) is 16.5 Å². The molecule has 1 aliphatic rings. The minimum atomic E-state index is -0.0135. The molecule has 0 bridgehead atoms. The lowest BCUT2D eigenvalue weighted by molar-refractivity contribution is 0.601. The molecule has 0 unspecified atom stereocenters. The van der Waals surface area contributed by atoms with Crippen molar-refractivity contribution in [2.45, 2.75) is 12.8 Å². The highest BCUT2D eigenvalue weighted by atomic mass is 16.3. The van der Waals surface area contributed by atoms with Crippen molar-refractivity contribution in [3.63, 3.8) is 0 Å². The number of fused-ring (bicyclic) bond motifs is 1. The van der Waals surface area contributed by atoms with E-state index in [1.807, 2.05) is 30.3 Å². The Morgan fingerprint density at radius 1 is 1.12 bits per heavy atom. The number of allylic oxidation sites excluding steroid dienone is 1. The van der Waals surface area contributed by atoms with E-state index >= 15 is 0 Å². The van der Waals surface area contributed by atoms with E-state index in [4.69, 9.17) is 4.42 Å². The third-order valence-corrected chi connectivity index (χ3v) is 4.15. The number of benzene rings is 1. The van der Waals surface area contributed by atoms with Crippen LogP contribution in [0.1, 0.15) is 24.0 Å². The molecule has 1 aliphatic heterocycles. The first-order valence-electron chi connectivity index (χ1n) is 7.99. The average molecular weight is 316 g/mol. The summed E-state index contributed by atoms with van der Waals surface area (Å²) in [4.78, 5) is 21.5. The largest absolute Gasteiger partial charge is 0.463 e. The van der Waals surface area contributed by atoms with Crippen molar-refractivity contribution < 1.29 is 4.42 Å². The lowest BCUT2D eigenvalue weighted by Gasteiger charge is -2.16. The van der Waals surface area contributed by atoms with Crippen LogP contribution in [0.2, 0.25) is 0 Å². The first-order valence-corrected chi connectivity index (χ1v) is 7.99. The molecule has 0 radical (unpaired) electrons. The van der Waals surface area contributed by atoms with Gasteiger partial charge in [0.05, 0.1) is 16.7 Å². The number of nitrogens with zero attached hydrogens (tertiary/aromatic N) is 2. The summed E-state index contributed by atoms with van der Waals surface area (Å²) in [5, 5.41) is 0.600. The van der Waals surface area contributed by atoms with Crippen LogP contribution in [0.15, 0.2) is 74.8 Å². The maximum absolute atomic E-state index is 12.7. The Bertz CT molecular complexity index is 1000. The van der Waals surface area contributed by atoms with Gasteiger partial charge in [-0.25, -0.2) is 0 Å². The predicted molar refractivity (Wildman–Crippen MR) is 95.3 cm³/mol. The van der Waals surface area contributed by atoms with Gasteiger partial charge in [-0.2, -0.15) is 0 Å². The number of aromatic nitrogens is 1. The van der Waals surface area contributed by atoms with Crippen LogP contribution in [0.4, 0.5) is 0 Å². The number of aliphatic imine (C=N–C) groups is 1. The maximum Gasteiger partial charge on any atom is 0.199 e. The second-order valence-electron chi connectivity index (χ2n) is 5.76. The molecule has 24 heavy (non-hydrogen) atoms. The third kappa shape index (κ3) is 2.67. The molecule has 3 aromatic rings. The van der Waals surface area contributed by atoms with Crippen molar-refractivity contribution in [1.82, 2.24) is 4.98 Å². The van der Waals surface area contributed by atoms with Gasteiger partial charge in [-0.05, 0) is 48.8 Å². The molecule has 118 valence electrons. The Balaban J connectivity index is 1.82. The number of hydrogen-bond donors (Lipinski definition) is 0. The van der Waals surface area contributed by atoms with Gasteiger partial charge in [0.1, 0.15) is 11.8 Å². The second-order valence-corrected chi connectivity index (χ2v) is 5.76. The molecule has 0 saturated carbocycles. The summed E-state index contributed by atoms with van der Waals surface area (Å²) in [7, 11) is 0. The monoisotopic (exact) mass is 316 g/mol. The lowest BCUT2D eigenvalue weighted by atomic mass is 9.95. The van der Waals surface area contributed by atoms with Gasteiger partial charge in [-0.3, -0.25) is 14.8 Å². The SMILES string of the molecule is O=c1c(/C=C2\CCCN=C2c2cccnc2)coc2ccccc12. The molecular weight excluding hydrogens is 300 g/mol. The molecule has 4 rings (SSSR count). The van der Waals surface area contributed by atoms with E-state index in [1.54, 1.807) is 24.5 Å². The van der Waals surface area contributed by atoms with Crippen LogP contribution in [0.25, 0.3) is 17.0 Å². The molecule has 0 spiro atoms. The van der Waals surface area contributed by atoms with Gasteiger partial charge in [0.15, 0.2) is 5.43 Å². The zero-order valence-electron chi connectivity index (χ0n) is 13.1. The van der Waals surface area contributed by atoms with Crippen molar-refractivity contribution in [2.24, 2.45) is 4.99 Å². The van der Waals surface area contributed by atoms with Crippen LogP contribution in [-0.2, 0) is 0 Å². The fourth-order valence-electron chi connectivity index (χ4n) is 2.98. The Morgan fingerprint density at radius 3 is 2.92 bits per heavy atom. The van der Waals surface area contributed by atoms with Gasteiger partial charge in [-0.15, -0.1) is 0 Å². The van der Waals surface area contributed by atoms with E-state index in [-0.39, 0.29) is 5.43 Å². The Hall–Kier alpha value is -3.01. The average Bonchev–Trinajstić information content (AvgIpc) is 2.65. The molecule has 2 aromatic heterocycles. The van der Waals surface area contributed by atoms with E-state index in [1.165, 1.54) is 6.26 Å². The van der Waals surface area contributed by atoms with Gasteiger partial charge in [0, 0.05) is 24.5 Å². The maximum atomic E-state index is 12.7. The van der Waals surface area contributed by atoms with Crippen molar-refractivity contribution in [3.05, 3.63) is 82.0 Å². The number of para-hydroxylation sites is 1. The zero-order chi connectivity index (χ0) is 16.4. The summed E-state index contributed by atoms with van der Waals surface area (Å²) in [5.74, 6) is 0. The quantitative estimate of drug-likeness (QED) is 0.721. The molecule has 1 aromatic carbocycles. The molecular formula is C20H16N2O2. The van der Waals surface area contributed by atoms with Crippen molar-refractivity contribution in [1.29, 1.82) is 0 Å². The van der Waals surface area contributed by atoms with Crippen LogP contribution < -0.4 is 5.43 Å². The van der Waals surface area contributed by atoms with E-state index < -0.39 is 0 Å². The smallest absolute Gasteiger partial charge is 0.199 e. The highest BCUT2D eigenvalue weighted by Gasteiger charge is 2.15. The van der Waals surface area contributed by atoms with E-state index in [2.05, 4.69) is 9.98 Å². The minimum Gasteiger partial charge on any atom is -0.463 e. The van der Waals surface area contributed by atoms with Crippen molar-refractivity contribution in [2.75, 3.05) is 6.54 Å². The first-order chi connectivity index (χ1) is 11.8. The van der Waals surface area contributed by atoms with Crippen molar-refractivity contribution in [3.8, 4) is 0 Å². The fraction of sp³-hybridized carbons (Fsp3) is 0.150. The summed E-state index contributed by atoms with van der Waals surface area (Å²) in [5.41, 5.74) is 4.10. The summed E-state index contributed by atoms with van der Waals surface area (Å²) >= 11 is 0. The zero-order valence-corrected chi connectivity index (χ0v) is 13.1. The van der Waals surface area contributed by atoms with Crippen LogP contribution >= 0.6 is 0 Å². The van der Waals surface area contributed by atoms with Crippen LogP contribution in [0.3, 0.4) is 0 Å². The summed E-state index contributed by atoms with van der Waals surface area (Å²) in [6, 6.07) is 11.2. The summed E-state index contributed by atoms with van der Waals surface area (Å²) in [6.45, 7) is 0.799. The standard InChI is InChI=1S/C20H16N2O2/c23-20-16(13-24-18-8-2-1-7-17(18)20)11-14-5-4-10-22-19(14)15-6-3-9-21-12-15/h1-3,6-9,11-13H,4-5,10H2/b14-11+. The summed E-state index contributed by atoms with van der Waals surface area (Å²) < 4.78 is 5.61. The van der Waals surface area contributed by atoms with Crippen LogP contribution in [0, 0.1) is 0 Å². The van der Waals surface area contributed by atoms with Gasteiger partial charge in [-0.1, -0.05) is 12.1 Å². The van der Waals surface area contributed by atoms with Gasteiger partial charge in [0.25, 0.3) is 0 Å². The molecule has 4 nitrogen and oxygen atoms in total. The highest BCUT2D eigenvalue weighted by molar-refractivity contribution is 6.15. The van der Waals surface area contributed by atoms with Gasteiger partial charge in [0.2, 0.25) is 0 Å². The predicted octanol–water partition coefficient (Wildman–Crippen LogP) is 3.85. The molecule has 0 amide bonds. The molecule has 0 saturated heterocycles. The molecule has 0 fully saturated rings. The number of hydrogen-bond acceptors (Lipinski definition) is 4.